The quantitative estimate of drug-likeness (QED) is 0.305. The molecule has 1 fully saturated rings. The molecule has 0 spiro atoms. The minimum Gasteiger partial charge on any atom is -0.508 e. The zero-order chi connectivity index (χ0) is 21.9. The van der Waals surface area contributed by atoms with Crippen LogP contribution in [0.2, 0.25) is 5.02 Å². The van der Waals surface area contributed by atoms with Crippen LogP contribution in [0.3, 0.4) is 0 Å². The van der Waals surface area contributed by atoms with Gasteiger partial charge in [0.15, 0.2) is 0 Å². The van der Waals surface area contributed by atoms with Crippen molar-refractivity contribution in [3.8, 4) is 5.75 Å². The van der Waals surface area contributed by atoms with Gasteiger partial charge in [0, 0.05) is 78.7 Å². The first-order valence-electron chi connectivity index (χ1n) is 10.5. The van der Waals surface area contributed by atoms with E-state index in [1.165, 1.54) is 0 Å². The van der Waals surface area contributed by atoms with Crippen LogP contribution in [0.4, 0.5) is 17.3 Å². The standard InChI is InChI=1S/C24H23ClN6O.3ClH/c25-18-2-4-20-21(6-9-26-22(20)15-18)29-19-3-5-23(32)17(14-19)16-30-10-12-31(13-11-30)24-27-7-1-8-28-24;;;/h1-9,14-15,32H,10-13,16H2,(H,26,29);3*1H. The number of aromatic nitrogens is 3. The van der Waals surface area contributed by atoms with Crippen LogP contribution >= 0.6 is 48.8 Å². The van der Waals surface area contributed by atoms with Gasteiger partial charge < -0.3 is 15.3 Å². The van der Waals surface area contributed by atoms with Crippen LogP contribution in [-0.2, 0) is 6.54 Å². The van der Waals surface area contributed by atoms with Crippen molar-refractivity contribution in [3.05, 3.63) is 77.7 Å². The Hall–Kier alpha value is -2.55. The van der Waals surface area contributed by atoms with Crippen molar-refractivity contribution in [2.24, 2.45) is 0 Å². The van der Waals surface area contributed by atoms with Gasteiger partial charge in [0.2, 0.25) is 5.95 Å². The molecule has 2 N–H and O–H groups in total. The molecule has 2 aromatic carbocycles. The maximum Gasteiger partial charge on any atom is 0.225 e. The third-order valence-electron chi connectivity index (χ3n) is 5.66. The number of hydrogen-bond donors (Lipinski definition) is 2. The molecule has 0 amide bonds. The molecule has 7 nitrogen and oxygen atoms in total. The van der Waals surface area contributed by atoms with Crippen LogP contribution in [0.25, 0.3) is 10.9 Å². The number of aromatic hydroxyl groups is 1. The van der Waals surface area contributed by atoms with E-state index in [0.717, 1.165) is 60.0 Å². The molecule has 0 atom stereocenters. The SMILES string of the molecule is Cl.Cl.Cl.Oc1ccc(Nc2ccnc3cc(Cl)ccc23)cc1CN1CCN(c2ncccn2)CC1. The van der Waals surface area contributed by atoms with Crippen LogP contribution < -0.4 is 10.2 Å². The summed E-state index contributed by atoms with van der Waals surface area (Å²) in [6.07, 6.45) is 5.30. The van der Waals surface area contributed by atoms with Gasteiger partial charge in [-0.05, 0) is 48.5 Å². The fraction of sp³-hybridized carbons (Fsp3) is 0.208. The highest BCUT2D eigenvalue weighted by atomic mass is 35.5. The van der Waals surface area contributed by atoms with E-state index in [4.69, 9.17) is 11.6 Å². The number of nitrogens with zero attached hydrogens (tertiary/aromatic N) is 5. The fourth-order valence-corrected chi connectivity index (χ4v) is 4.14. The van der Waals surface area contributed by atoms with Crippen LogP contribution in [0.15, 0.2) is 67.1 Å². The number of rotatable bonds is 5. The molecule has 1 saturated heterocycles. The molecular formula is C24H26Cl4N6O. The summed E-state index contributed by atoms with van der Waals surface area (Å²) in [7, 11) is 0. The highest BCUT2D eigenvalue weighted by Crippen LogP contribution is 2.30. The van der Waals surface area contributed by atoms with E-state index in [-0.39, 0.29) is 37.2 Å². The molecule has 5 rings (SSSR count). The summed E-state index contributed by atoms with van der Waals surface area (Å²) in [4.78, 5) is 17.6. The van der Waals surface area contributed by atoms with Crippen molar-refractivity contribution < 1.29 is 5.11 Å². The molecule has 35 heavy (non-hydrogen) atoms. The van der Waals surface area contributed by atoms with Crippen molar-refractivity contribution in [2.75, 3.05) is 36.4 Å². The number of anilines is 3. The Morgan fingerprint density at radius 2 is 1.60 bits per heavy atom. The van der Waals surface area contributed by atoms with E-state index in [9.17, 15) is 5.11 Å². The number of benzene rings is 2. The minimum absolute atomic E-state index is 0. The molecule has 4 aromatic rings. The van der Waals surface area contributed by atoms with Crippen LogP contribution in [0.5, 0.6) is 5.75 Å². The van der Waals surface area contributed by atoms with E-state index >= 15 is 0 Å². The summed E-state index contributed by atoms with van der Waals surface area (Å²) < 4.78 is 0. The van der Waals surface area contributed by atoms with Gasteiger partial charge in [0.1, 0.15) is 5.75 Å². The second-order valence-corrected chi connectivity index (χ2v) is 8.24. The van der Waals surface area contributed by atoms with Crippen LogP contribution in [0, 0.1) is 0 Å². The van der Waals surface area contributed by atoms with Gasteiger partial charge in [-0.25, -0.2) is 9.97 Å². The van der Waals surface area contributed by atoms with Crippen molar-refractivity contribution in [1.82, 2.24) is 19.9 Å². The number of pyridine rings is 1. The summed E-state index contributed by atoms with van der Waals surface area (Å²) in [5.74, 6) is 1.07. The molecule has 0 aliphatic carbocycles. The highest BCUT2D eigenvalue weighted by Gasteiger charge is 2.20. The van der Waals surface area contributed by atoms with E-state index < -0.39 is 0 Å². The Morgan fingerprint density at radius 3 is 2.34 bits per heavy atom. The largest absolute Gasteiger partial charge is 0.508 e. The minimum atomic E-state index is 0. The van der Waals surface area contributed by atoms with Crippen LogP contribution in [0.1, 0.15) is 5.56 Å². The smallest absolute Gasteiger partial charge is 0.225 e. The molecule has 3 heterocycles. The first-order valence-corrected chi connectivity index (χ1v) is 10.9. The Balaban J connectivity index is 0.00000144. The van der Waals surface area contributed by atoms with Gasteiger partial charge in [-0.3, -0.25) is 9.88 Å². The lowest BCUT2D eigenvalue weighted by molar-refractivity contribution is 0.245. The second-order valence-electron chi connectivity index (χ2n) is 7.80. The molecule has 0 saturated carbocycles. The summed E-state index contributed by atoms with van der Waals surface area (Å²) in [5, 5.41) is 15.6. The maximum atomic E-state index is 10.5. The maximum absolute atomic E-state index is 10.5. The molecule has 0 radical (unpaired) electrons. The molecule has 1 aliphatic rings. The summed E-state index contributed by atoms with van der Waals surface area (Å²) in [6.45, 7) is 4.15. The van der Waals surface area contributed by atoms with E-state index in [0.29, 0.717) is 17.3 Å². The van der Waals surface area contributed by atoms with Gasteiger partial charge in [-0.2, -0.15) is 0 Å². The zero-order valence-corrected chi connectivity index (χ0v) is 21.9. The van der Waals surface area contributed by atoms with Gasteiger partial charge >= 0.3 is 0 Å². The van der Waals surface area contributed by atoms with Crippen LogP contribution in [-0.4, -0.2) is 51.1 Å². The number of hydrogen-bond acceptors (Lipinski definition) is 7. The molecule has 2 aromatic heterocycles. The summed E-state index contributed by atoms with van der Waals surface area (Å²) in [6, 6.07) is 15.1. The lowest BCUT2D eigenvalue weighted by Crippen LogP contribution is -2.46. The van der Waals surface area contributed by atoms with E-state index in [2.05, 4.69) is 30.1 Å². The fourth-order valence-electron chi connectivity index (χ4n) is 3.98. The molecule has 1 aliphatic heterocycles. The number of fused-ring (bicyclic) bond motifs is 1. The number of piperazine rings is 1. The molecule has 0 bridgehead atoms. The van der Waals surface area contributed by atoms with Crippen molar-refractivity contribution in [2.45, 2.75) is 6.54 Å². The first-order chi connectivity index (χ1) is 15.7. The normalized spacial score (nSPS) is 13.3. The van der Waals surface area contributed by atoms with Crippen molar-refractivity contribution in [1.29, 1.82) is 0 Å². The van der Waals surface area contributed by atoms with Gasteiger partial charge in [0.25, 0.3) is 0 Å². The predicted molar refractivity (Wildman–Crippen MR) is 149 cm³/mol. The topological polar surface area (TPSA) is 77.4 Å². The molecule has 0 unspecified atom stereocenters. The Labute approximate surface area is 227 Å². The highest BCUT2D eigenvalue weighted by molar-refractivity contribution is 6.31. The van der Waals surface area contributed by atoms with E-state index in [1.54, 1.807) is 24.7 Å². The predicted octanol–water partition coefficient (Wildman–Crippen LogP) is 5.72. The van der Waals surface area contributed by atoms with Gasteiger partial charge in [-0.1, -0.05) is 11.6 Å². The van der Waals surface area contributed by atoms with E-state index in [1.807, 2.05) is 42.5 Å². The van der Waals surface area contributed by atoms with Crippen molar-refractivity contribution >= 4 is 77.0 Å². The summed E-state index contributed by atoms with van der Waals surface area (Å²) >= 11 is 6.10. The third-order valence-corrected chi connectivity index (χ3v) is 5.90. The molecule has 186 valence electrons. The van der Waals surface area contributed by atoms with Gasteiger partial charge in [0.05, 0.1) is 5.52 Å². The number of phenolic OH excluding ortho intramolecular Hbond substituents is 1. The second kappa shape index (κ2) is 13.0. The zero-order valence-electron chi connectivity index (χ0n) is 18.7. The average Bonchev–Trinajstić information content (AvgIpc) is 2.82. The average molecular weight is 556 g/mol. The third kappa shape index (κ3) is 6.78. The molecular weight excluding hydrogens is 530 g/mol. The first kappa shape index (κ1) is 28.7. The lowest BCUT2D eigenvalue weighted by atomic mass is 10.1. The Bertz CT molecular complexity index is 1240. The number of nitrogens with one attached hydrogen (secondary N) is 1. The van der Waals surface area contributed by atoms with Crippen molar-refractivity contribution in [3.63, 3.8) is 0 Å². The summed E-state index contributed by atoms with van der Waals surface area (Å²) in [5.41, 5.74) is 3.58. The van der Waals surface area contributed by atoms with Gasteiger partial charge in [-0.15, -0.1) is 37.2 Å². The number of halogens is 4. The Kier molecular flexibility index (Phi) is 10.6. The lowest BCUT2D eigenvalue weighted by Gasteiger charge is -2.34. The molecule has 11 heteroatoms. The Morgan fingerprint density at radius 1 is 0.857 bits per heavy atom. The monoisotopic (exact) mass is 554 g/mol. The number of phenols is 1.